The van der Waals surface area contributed by atoms with Crippen LogP contribution < -0.4 is 0 Å². The van der Waals surface area contributed by atoms with Gasteiger partial charge in [0.05, 0.1) is 31.0 Å². The van der Waals surface area contributed by atoms with E-state index in [1.165, 1.54) is 83.5 Å². The van der Waals surface area contributed by atoms with E-state index < -0.39 is 0 Å². The molecule has 0 radical (unpaired) electrons. The molecular weight excluding hydrogens is 376 g/mol. The maximum absolute atomic E-state index is 10.2. The molecule has 0 aromatic rings. The molecule has 1 N–H and O–H groups in total. The Bertz CT molecular complexity index is 497. The van der Waals surface area contributed by atoms with Crippen molar-refractivity contribution in [3.8, 4) is 0 Å². The van der Waals surface area contributed by atoms with Crippen LogP contribution in [0.15, 0.2) is 0 Å². The highest BCUT2D eigenvalue weighted by Crippen LogP contribution is 2.50. The SMILES string of the molecule is COC1CC(C2(COCC3CCCC(OC4CCCCC4)C3)CCCC2)CCC1O. The molecule has 4 aliphatic carbocycles. The van der Waals surface area contributed by atoms with Gasteiger partial charge in [-0.3, -0.25) is 0 Å². The highest BCUT2D eigenvalue weighted by molar-refractivity contribution is 4.95. The fraction of sp³-hybridized carbons (Fsp3) is 1.00. The average Bonchev–Trinajstić information content (AvgIpc) is 3.25. The lowest BCUT2D eigenvalue weighted by Crippen LogP contribution is -2.43. The number of aliphatic hydroxyl groups is 1. The summed E-state index contributed by atoms with van der Waals surface area (Å²) in [6.45, 7) is 1.82. The second kappa shape index (κ2) is 11.1. The third-order valence-electron chi connectivity index (χ3n) is 8.94. The van der Waals surface area contributed by atoms with Gasteiger partial charge in [0.1, 0.15) is 0 Å². The molecular formula is C26H46O4. The number of aliphatic hydroxyl groups excluding tert-OH is 1. The maximum atomic E-state index is 10.2. The van der Waals surface area contributed by atoms with Gasteiger partial charge >= 0.3 is 0 Å². The van der Waals surface area contributed by atoms with E-state index in [4.69, 9.17) is 14.2 Å². The van der Waals surface area contributed by atoms with E-state index in [2.05, 4.69) is 0 Å². The number of hydrogen-bond acceptors (Lipinski definition) is 4. The molecule has 4 fully saturated rings. The summed E-state index contributed by atoms with van der Waals surface area (Å²) >= 11 is 0. The highest BCUT2D eigenvalue weighted by Gasteiger charge is 2.45. The van der Waals surface area contributed by atoms with Gasteiger partial charge in [0.15, 0.2) is 0 Å². The topological polar surface area (TPSA) is 47.9 Å². The van der Waals surface area contributed by atoms with Gasteiger partial charge < -0.3 is 19.3 Å². The molecule has 4 rings (SSSR count). The predicted octanol–water partition coefficient (Wildman–Crippen LogP) is 5.65. The monoisotopic (exact) mass is 422 g/mol. The van der Waals surface area contributed by atoms with Crippen molar-refractivity contribution in [2.24, 2.45) is 17.3 Å². The zero-order chi connectivity index (χ0) is 20.8. The fourth-order valence-electron chi connectivity index (χ4n) is 7.09. The molecule has 5 atom stereocenters. The van der Waals surface area contributed by atoms with Crippen molar-refractivity contribution in [3.05, 3.63) is 0 Å². The fourth-order valence-corrected chi connectivity index (χ4v) is 7.09. The molecule has 4 heteroatoms. The number of methoxy groups -OCH3 is 1. The van der Waals surface area contributed by atoms with Crippen molar-refractivity contribution in [2.45, 2.75) is 127 Å². The molecule has 0 amide bonds. The molecule has 0 aromatic carbocycles. The van der Waals surface area contributed by atoms with E-state index >= 15 is 0 Å². The van der Waals surface area contributed by atoms with Crippen molar-refractivity contribution >= 4 is 0 Å². The van der Waals surface area contributed by atoms with E-state index in [1.54, 1.807) is 7.11 Å². The van der Waals surface area contributed by atoms with E-state index in [0.29, 0.717) is 29.5 Å². The zero-order valence-corrected chi connectivity index (χ0v) is 19.4. The van der Waals surface area contributed by atoms with Gasteiger partial charge in [-0.25, -0.2) is 0 Å². The van der Waals surface area contributed by atoms with Crippen molar-refractivity contribution in [2.75, 3.05) is 20.3 Å². The molecule has 30 heavy (non-hydrogen) atoms. The zero-order valence-electron chi connectivity index (χ0n) is 19.4. The van der Waals surface area contributed by atoms with Crippen LogP contribution in [0.2, 0.25) is 0 Å². The van der Waals surface area contributed by atoms with E-state index in [0.717, 1.165) is 32.5 Å². The Hall–Kier alpha value is -0.160. The van der Waals surface area contributed by atoms with Crippen LogP contribution in [0.1, 0.15) is 103 Å². The third kappa shape index (κ3) is 5.79. The summed E-state index contributed by atoms with van der Waals surface area (Å²) in [6.07, 6.45) is 20.7. The molecule has 4 aliphatic rings. The summed E-state index contributed by atoms with van der Waals surface area (Å²) in [5, 5.41) is 10.2. The molecule has 174 valence electrons. The number of hydrogen-bond donors (Lipinski definition) is 1. The number of ether oxygens (including phenoxy) is 3. The van der Waals surface area contributed by atoms with Crippen molar-refractivity contribution in [1.29, 1.82) is 0 Å². The Kier molecular flexibility index (Phi) is 8.53. The van der Waals surface area contributed by atoms with Gasteiger partial charge in [-0.05, 0) is 81.5 Å². The molecule has 4 saturated carbocycles. The van der Waals surface area contributed by atoms with Crippen LogP contribution in [0.3, 0.4) is 0 Å². The minimum Gasteiger partial charge on any atom is -0.390 e. The molecule has 0 aromatic heterocycles. The van der Waals surface area contributed by atoms with Gasteiger partial charge in [-0.2, -0.15) is 0 Å². The van der Waals surface area contributed by atoms with Gasteiger partial charge in [-0.1, -0.05) is 38.5 Å². The standard InChI is InChI=1S/C26H46O4/c1-28-25-17-21(12-13-24(25)27)26(14-5-6-15-26)19-29-18-20-8-7-11-23(16-20)30-22-9-3-2-4-10-22/h20-25,27H,2-19H2,1H3. The van der Waals surface area contributed by atoms with Crippen LogP contribution in [-0.4, -0.2) is 49.8 Å². The van der Waals surface area contributed by atoms with Crippen molar-refractivity contribution in [1.82, 2.24) is 0 Å². The van der Waals surface area contributed by atoms with E-state index in [9.17, 15) is 5.11 Å². The quantitative estimate of drug-likeness (QED) is 0.549. The first kappa shape index (κ1) is 23.0. The molecule has 0 bridgehead atoms. The van der Waals surface area contributed by atoms with E-state index in [-0.39, 0.29) is 12.2 Å². The Morgan fingerprint density at radius 1 is 0.800 bits per heavy atom. The normalized spacial score (nSPS) is 38.0. The molecule has 0 saturated heterocycles. The Labute approximate surface area is 184 Å². The summed E-state index contributed by atoms with van der Waals surface area (Å²) in [7, 11) is 1.75. The van der Waals surface area contributed by atoms with Crippen LogP contribution in [-0.2, 0) is 14.2 Å². The first-order chi connectivity index (χ1) is 14.7. The van der Waals surface area contributed by atoms with Gasteiger partial charge in [-0.15, -0.1) is 0 Å². The Morgan fingerprint density at radius 3 is 2.33 bits per heavy atom. The second-order valence-electron chi connectivity index (χ2n) is 11.0. The van der Waals surface area contributed by atoms with E-state index in [1.807, 2.05) is 0 Å². The molecule has 0 spiro atoms. The first-order valence-electron chi connectivity index (χ1n) is 13.1. The summed E-state index contributed by atoms with van der Waals surface area (Å²) in [6, 6.07) is 0. The lowest BCUT2D eigenvalue weighted by atomic mass is 9.67. The van der Waals surface area contributed by atoms with Gasteiger partial charge in [0.2, 0.25) is 0 Å². The van der Waals surface area contributed by atoms with Gasteiger partial charge in [0, 0.05) is 13.7 Å². The summed E-state index contributed by atoms with van der Waals surface area (Å²) in [5.41, 5.74) is 0.323. The molecule has 0 heterocycles. The van der Waals surface area contributed by atoms with Gasteiger partial charge in [0.25, 0.3) is 0 Å². The van der Waals surface area contributed by atoms with Crippen molar-refractivity contribution < 1.29 is 19.3 Å². The largest absolute Gasteiger partial charge is 0.390 e. The summed E-state index contributed by atoms with van der Waals surface area (Å²) < 4.78 is 18.6. The van der Waals surface area contributed by atoms with Crippen molar-refractivity contribution in [3.63, 3.8) is 0 Å². The van der Waals surface area contributed by atoms with Crippen LogP contribution in [0.4, 0.5) is 0 Å². The maximum Gasteiger partial charge on any atom is 0.0833 e. The average molecular weight is 423 g/mol. The van der Waals surface area contributed by atoms with Crippen LogP contribution in [0, 0.1) is 17.3 Å². The second-order valence-corrected chi connectivity index (χ2v) is 11.0. The Morgan fingerprint density at radius 2 is 1.57 bits per heavy atom. The molecule has 0 aliphatic heterocycles. The first-order valence-corrected chi connectivity index (χ1v) is 13.1. The summed E-state index contributed by atoms with van der Waals surface area (Å²) in [4.78, 5) is 0. The molecule has 5 unspecified atom stereocenters. The van der Waals surface area contributed by atoms with Crippen LogP contribution in [0.25, 0.3) is 0 Å². The number of rotatable bonds is 8. The lowest BCUT2D eigenvalue weighted by molar-refractivity contribution is -0.0935. The lowest BCUT2D eigenvalue weighted by Gasteiger charge is -2.43. The summed E-state index contributed by atoms with van der Waals surface area (Å²) in [5.74, 6) is 1.31. The Balaban J connectivity index is 1.24. The van der Waals surface area contributed by atoms with Crippen LogP contribution in [0.5, 0.6) is 0 Å². The molecule has 4 nitrogen and oxygen atoms in total. The minimum atomic E-state index is -0.283. The highest BCUT2D eigenvalue weighted by atomic mass is 16.5. The minimum absolute atomic E-state index is 0.0114. The predicted molar refractivity (Wildman–Crippen MR) is 120 cm³/mol. The smallest absolute Gasteiger partial charge is 0.0833 e. The van der Waals surface area contributed by atoms with Crippen LogP contribution >= 0.6 is 0 Å². The third-order valence-corrected chi connectivity index (χ3v) is 8.94.